The lowest BCUT2D eigenvalue weighted by atomic mass is 9.67. The van der Waals surface area contributed by atoms with E-state index in [9.17, 15) is 9.59 Å². The Morgan fingerprint density at radius 1 is 1.25 bits per heavy atom. The van der Waals surface area contributed by atoms with Crippen molar-refractivity contribution < 1.29 is 14.7 Å². The molecule has 0 aromatic rings. The number of likely N-dealkylation sites (tertiary alicyclic amines) is 1. The van der Waals surface area contributed by atoms with Crippen LogP contribution in [0.5, 0.6) is 0 Å². The Labute approximate surface area is 121 Å². The van der Waals surface area contributed by atoms with Crippen LogP contribution < -0.4 is 0 Å². The summed E-state index contributed by atoms with van der Waals surface area (Å²) in [5, 5.41) is 9.15. The van der Waals surface area contributed by atoms with Gasteiger partial charge in [-0.15, -0.1) is 0 Å². The van der Waals surface area contributed by atoms with Crippen LogP contribution >= 0.6 is 0 Å². The summed E-state index contributed by atoms with van der Waals surface area (Å²) in [6, 6.07) is 0. The van der Waals surface area contributed by atoms with E-state index in [-0.39, 0.29) is 17.2 Å². The number of carboxylic acid groups (broad SMARTS) is 1. The van der Waals surface area contributed by atoms with Crippen molar-refractivity contribution in [2.45, 2.75) is 52.9 Å². The normalized spacial score (nSPS) is 33.1. The van der Waals surface area contributed by atoms with E-state index in [4.69, 9.17) is 5.11 Å². The first-order chi connectivity index (χ1) is 9.31. The maximum Gasteiger partial charge on any atom is 0.308 e. The van der Waals surface area contributed by atoms with Crippen LogP contribution in [0.15, 0.2) is 0 Å². The highest BCUT2D eigenvalue weighted by atomic mass is 16.4. The van der Waals surface area contributed by atoms with E-state index < -0.39 is 11.9 Å². The Bertz CT molecular complexity index is 391. The first-order valence-electron chi connectivity index (χ1n) is 7.82. The maximum atomic E-state index is 12.4. The van der Waals surface area contributed by atoms with Gasteiger partial charge in [0.25, 0.3) is 0 Å². The van der Waals surface area contributed by atoms with Gasteiger partial charge < -0.3 is 10.0 Å². The van der Waals surface area contributed by atoms with Crippen LogP contribution in [-0.2, 0) is 9.59 Å². The van der Waals surface area contributed by atoms with Gasteiger partial charge in [-0.1, -0.05) is 33.6 Å². The largest absolute Gasteiger partial charge is 0.481 e. The number of hydrogen-bond donors (Lipinski definition) is 1. The summed E-state index contributed by atoms with van der Waals surface area (Å²) in [6.07, 6.45) is 5.39. The number of aliphatic carboxylic acids is 1. The van der Waals surface area contributed by atoms with Crippen molar-refractivity contribution in [2.75, 3.05) is 13.1 Å². The van der Waals surface area contributed by atoms with Gasteiger partial charge in [-0.05, 0) is 30.1 Å². The molecule has 0 aromatic carbocycles. The summed E-state index contributed by atoms with van der Waals surface area (Å²) in [5.41, 5.74) is 0.242. The monoisotopic (exact) mass is 281 g/mol. The molecule has 3 atom stereocenters. The molecule has 4 heteroatoms. The zero-order valence-electron chi connectivity index (χ0n) is 12.9. The van der Waals surface area contributed by atoms with Crippen molar-refractivity contribution in [3.8, 4) is 0 Å². The van der Waals surface area contributed by atoms with Crippen molar-refractivity contribution >= 4 is 11.9 Å². The van der Waals surface area contributed by atoms with Crippen LogP contribution in [0.3, 0.4) is 0 Å². The summed E-state index contributed by atoms with van der Waals surface area (Å²) < 4.78 is 0. The fraction of sp³-hybridized carbons (Fsp3) is 0.875. The minimum Gasteiger partial charge on any atom is -0.481 e. The first kappa shape index (κ1) is 15.3. The average Bonchev–Trinajstić information content (AvgIpc) is 2.74. The van der Waals surface area contributed by atoms with Crippen molar-refractivity contribution in [2.24, 2.45) is 23.2 Å². The lowest BCUT2D eigenvalue weighted by Crippen LogP contribution is -2.36. The van der Waals surface area contributed by atoms with E-state index in [1.807, 2.05) is 6.92 Å². The van der Waals surface area contributed by atoms with Gasteiger partial charge in [0.1, 0.15) is 0 Å². The number of rotatable bonds is 3. The smallest absolute Gasteiger partial charge is 0.308 e. The lowest BCUT2D eigenvalue weighted by molar-refractivity contribution is -0.142. The Morgan fingerprint density at radius 2 is 1.95 bits per heavy atom. The third-order valence-corrected chi connectivity index (χ3v) is 5.43. The molecule has 1 saturated heterocycles. The number of amides is 1. The molecule has 0 radical (unpaired) electrons. The Hall–Kier alpha value is -1.06. The molecule has 1 unspecified atom stereocenters. The van der Waals surface area contributed by atoms with Crippen LogP contribution in [-0.4, -0.2) is 35.0 Å². The van der Waals surface area contributed by atoms with E-state index in [2.05, 4.69) is 13.8 Å². The van der Waals surface area contributed by atoms with Gasteiger partial charge >= 0.3 is 5.97 Å². The van der Waals surface area contributed by atoms with E-state index in [1.54, 1.807) is 4.90 Å². The summed E-state index contributed by atoms with van der Waals surface area (Å²) >= 11 is 0. The molecule has 1 aliphatic carbocycles. The predicted molar refractivity (Wildman–Crippen MR) is 77.2 cm³/mol. The van der Waals surface area contributed by atoms with E-state index in [0.29, 0.717) is 25.4 Å². The minimum atomic E-state index is -0.772. The highest BCUT2D eigenvalue weighted by molar-refractivity contribution is 5.79. The van der Waals surface area contributed by atoms with E-state index >= 15 is 0 Å². The Balaban J connectivity index is 1.94. The molecule has 2 aliphatic rings. The summed E-state index contributed by atoms with van der Waals surface area (Å²) in [4.78, 5) is 25.4. The predicted octanol–water partition coefficient (Wildman–Crippen LogP) is 2.77. The zero-order chi connectivity index (χ0) is 14.9. The van der Waals surface area contributed by atoms with E-state index in [1.165, 1.54) is 19.3 Å². The fourth-order valence-corrected chi connectivity index (χ4v) is 3.78. The maximum absolute atomic E-state index is 12.4. The number of hydrogen-bond acceptors (Lipinski definition) is 2. The van der Waals surface area contributed by atoms with Crippen molar-refractivity contribution in [1.29, 1.82) is 0 Å². The van der Waals surface area contributed by atoms with Gasteiger partial charge in [0.2, 0.25) is 5.91 Å². The van der Waals surface area contributed by atoms with Crippen LogP contribution in [0, 0.1) is 23.2 Å². The molecule has 4 nitrogen and oxygen atoms in total. The van der Waals surface area contributed by atoms with Gasteiger partial charge in [0.05, 0.1) is 5.92 Å². The molecule has 1 heterocycles. The summed E-state index contributed by atoms with van der Waals surface area (Å²) in [6.45, 7) is 7.44. The minimum absolute atomic E-state index is 0.0656. The number of carboxylic acids is 1. The van der Waals surface area contributed by atoms with Crippen molar-refractivity contribution in [1.82, 2.24) is 4.90 Å². The molecule has 0 bridgehead atoms. The SMILES string of the molecule is C[C@@H]1CN(C(=O)CC2CCCCC2(C)C)C[C@H]1C(=O)O. The standard InChI is InChI=1S/C16H27NO3/c1-11-9-17(10-13(11)15(19)20)14(18)8-12-6-4-5-7-16(12,2)3/h11-13H,4-10H2,1-3H3,(H,19,20)/t11-,12?,13-/m1/s1. The van der Waals surface area contributed by atoms with Crippen molar-refractivity contribution in [3.63, 3.8) is 0 Å². The summed E-state index contributed by atoms with van der Waals surface area (Å²) in [5.74, 6) is -0.497. The number of carbonyl (C=O) groups excluding carboxylic acids is 1. The molecule has 1 N–H and O–H groups in total. The lowest BCUT2D eigenvalue weighted by Gasteiger charge is -2.39. The molecular formula is C16H27NO3. The molecule has 2 rings (SSSR count). The quantitative estimate of drug-likeness (QED) is 0.865. The molecular weight excluding hydrogens is 254 g/mol. The topological polar surface area (TPSA) is 57.6 Å². The van der Waals surface area contributed by atoms with E-state index in [0.717, 1.165) is 6.42 Å². The van der Waals surface area contributed by atoms with Crippen LogP contribution in [0.2, 0.25) is 0 Å². The number of nitrogens with zero attached hydrogens (tertiary/aromatic N) is 1. The second-order valence-corrected chi connectivity index (χ2v) is 7.36. The highest BCUT2D eigenvalue weighted by Crippen LogP contribution is 2.42. The molecule has 1 aliphatic heterocycles. The molecule has 0 spiro atoms. The summed E-state index contributed by atoms with van der Waals surface area (Å²) in [7, 11) is 0. The Kier molecular flexibility index (Phi) is 4.40. The molecule has 1 saturated carbocycles. The van der Waals surface area contributed by atoms with Gasteiger partial charge in [0, 0.05) is 19.5 Å². The third kappa shape index (κ3) is 3.15. The molecule has 1 amide bonds. The second kappa shape index (κ2) is 5.74. The van der Waals surface area contributed by atoms with Gasteiger partial charge in [-0.25, -0.2) is 0 Å². The first-order valence-corrected chi connectivity index (χ1v) is 7.82. The Morgan fingerprint density at radius 3 is 2.50 bits per heavy atom. The second-order valence-electron chi connectivity index (χ2n) is 7.36. The number of carbonyl (C=O) groups is 2. The average molecular weight is 281 g/mol. The van der Waals surface area contributed by atoms with Crippen LogP contribution in [0.1, 0.15) is 52.9 Å². The molecule has 114 valence electrons. The van der Waals surface area contributed by atoms with Gasteiger partial charge in [0.15, 0.2) is 0 Å². The molecule has 20 heavy (non-hydrogen) atoms. The van der Waals surface area contributed by atoms with Crippen LogP contribution in [0.25, 0.3) is 0 Å². The van der Waals surface area contributed by atoms with Crippen molar-refractivity contribution in [3.05, 3.63) is 0 Å². The van der Waals surface area contributed by atoms with Gasteiger partial charge in [-0.2, -0.15) is 0 Å². The third-order valence-electron chi connectivity index (χ3n) is 5.43. The van der Waals surface area contributed by atoms with Crippen LogP contribution in [0.4, 0.5) is 0 Å². The zero-order valence-corrected chi connectivity index (χ0v) is 12.9. The highest BCUT2D eigenvalue weighted by Gasteiger charge is 2.39. The molecule has 0 aromatic heterocycles. The van der Waals surface area contributed by atoms with Gasteiger partial charge in [-0.3, -0.25) is 9.59 Å². The molecule has 2 fully saturated rings. The fourth-order valence-electron chi connectivity index (χ4n) is 3.78.